The van der Waals surface area contributed by atoms with Gasteiger partial charge in [0.25, 0.3) is 0 Å². The SMILES string of the molecule is CCC(=O)N[C@H]1CCc2c(C)c(F)cc(NC(C)=O)c2C1=O. The van der Waals surface area contributed by atoms with Gasteiger partial charge in [0.2, 0.25) is 11.8 Å². The predicted octanol–water partition coefficient (Wildman–Crippen LogP) is 2.12. The molecule has 0 fully saturated rings. The molecule has 2 rings (SSSR count). The second kappa shape index (κ2) is 6.25. The Morgan fingerprint density at radius 3 is 2.68 bits per heavy atom. The van der Waals surface area contributed by atoms with E-state index in [9.17, 15) is 18.8 Å². The van der Waals surface area contributed by atoms with Gasteiger partial charge < -0.3 is 10.6 Å². The van der Waals surface area contributed by atoms with Crippen LogP contribution < -0.4 is 10.6 Å². The summed E-state index contributed by atoms with van der Waals surface area (Å²) in [4.78, 5) is 35.5. The quantitative estimate of drug-likeness (QED) is 0.898. The van der Waals surface area contributed by atoms with Gasteiger partial charge in [-0.3, -0.25) is 14.4 Å². The van der Waals surface area contributed by atoms with Crippen molar-refractivity contribution in [2.45, 2.75) is 46.1 Å². The lowest BCUT2D eigenvalue weighted by molar-refractivity contribution is -0.121. The number of carbonyl (C=O) groups is 3. The maximum atomic E-state index is 14.0. The van der Waals surface area contributed by atoms with Crippen molar-refractivity contribution in [3.63, 3.8) is 0 Å². The Morgan fingerprint density at radius 2 is 2.09 bits per heavy atom. The lowest BCUT2D eigenvalue weighted by Crippen LogP contribution is -2.44. The van der Waals surface area contributed by atoms with E-state index in [1.54, 1.807) is 13.8 Å². The van der Waals surface area contributed by atoms with Crippen molar-refractivity contribution < 1.29 is 18.8 Å². The minimum atomic E-state index is -0.627. The average molecular weight is 306 g/mol. The Morgan fingerprint density at radius 1 is 1.41 bits per heavy atom. The third kappa shape index (κ3) is 3.00. The molecule has 5 nitrogen and oxygen atoms in total. The van der Waals surface area contributed by atoms with Gasteiger partial charge in [0, 0.05) is 18.9 Å². The van der Waals surface area contributed by atoms with E-state index in [0.29, 0.717) is 29.5 Å². The van der Waals surface area contributed by atoms with Crippen molar-refractivity contribution in [1.82, 2.24) is 5.32 Å². The van der Waals surface area contributed by atoms with Crippen LogP contribution in [0.5, 0.6) is 0 Å². The predicted molar refractivity (Wildman–Crippen MR) is 80.3 cm³/mol. The van der Waals surface area contributed by atoms with Gasteiger partial charge in [-0.2, -0.15) is 0 Å². The first kappa shape index (κ1) is 16.1. The van der Waals surface area contributed by atoms with E-state index in [1.807, 2.05) is 0 Å². The molecule has 2 N–H and O–H groups in total. The third-order valence-corrected chi connectivity index (χ3v) is 3.87. The van der Waals surface area contributed by atoms with E-state index in [0.717, 1.165) is 6.07 Å². The molecule has 1 aromatic carbocycles. The number of hydrogen-bond donors (Lipinski definition) is 2. The Balaban J connectivity index is 2.47. The van der Waals surface area contributed by atoms with E-state index in [4.69, 9.17) is 0 Å². The number of benzene rings is 1. The monoisotopic (exact) mass is 306 g/mol. The molecule has 0 spiro atoms. The molecular weight excluding hydrogens is 287 g/mol. The summed E-state index contributed by atoms with van der Waals surface area (Å²) in [6.07, 6.45) is 1.20. The summed E-state index contributed by atoms with van der Waals surface area (Å²) in [5.41, 5.74) is 1.50. The van der Waals surface area contributed by atoms with Gasteiger partial charge in [-0.1, -0.05) is 6.92 Å². The first-order chi connectivity index (χ1) is 10.3. The minimum Gasteiger partial charge on any atom is -0.346 e. The fourth-order valence-corrected chi connectivity index (χ4v) is 2.71. The number of nitrogens with one attached hydrogen (secondary N) is 2. The molecule has 6 heteroatoms. The van der Waals surface area contributed by atoms with Crippen LogP contribution in [0.25, 0.3) is 0 Å². The van der Waals surface area contributed by atoms with Crippen molar-refractivity contribution in [3.8, 4) is 0 Å². The van der Waals surface area contributed by atoms with E-state index in [2.05, 4.69) is 10.6 Å². The first-order valence-electron chi connectivity index (χ1n) is 7.28. The largest absolute Gasteiger partial charge is 0.346 e. The number of Topliss-reactive ketones (excluding diaryl/α,β-unsaturated/α-hetero) is 1. The molecule has 1 aliphatic carbocycles. The fraction of sp³-hybridized carbons (Fsp3) is 0.438. The van der Waals surface area contributed by atoms with Gasteiger partial charge in [-0.05, 0) is 37.0 Å². The number of hydrogen-bond acceptors (Lipinski definition) is 3. The topological polar surface area (TPSA) is 75.3 Å². The highest BCUT2D eigenvalue weighted by molar-refractivity contribution is 6.10. The van der Waals surface area contributed by atoms with Gasteiger partial charge in [0.15, 0.2) is 5.78 Å². The highest BCUT2D eigenvalue weighted by atomic mass is 19.1. The van der Waals surface area contributed by atoms with Crippen molar-refractivity contribution >= 4 is 23.3 Å². The van der Waals surface area contributed by atoms with Crippen LogP contribution in [0.3, 0.4) is 0 Å². The molecule has 0 saturated heterocycles. The molecule has 2 amide bonds. The fourth-order valence-electron chi connectivity index (χ4n) is 2.71. The van der Waals surface area contributed by atoms with Crippen LogP contribution >= 0.6 is 0 Å². The highest BCUT2D eigenvalue weighted by Crippen LogP contribution is 2.32. The lowest BCUT2D eigenvalue weighted by atomic mass is 9.83. The molecular formula is C16H19FN2O3. The van der Waals surface area contributed by atoms with E-state index >= 15 is 0 Å². The third-order valence-electron chi connectivity index (χ3n) is 3.87. The number of rotatable bonds is 3. The smallest absolute Gasteiger partial charge is 0.221 e. The zero-order valence-corrected chi connectivity index (χ0v) is 12.9. The lowest BCUT2D eigenvalue weighted by Gasteiger charge is -2.27. The Bertz CT molecular complexity index is 655. The van der Waals surface area contributed by atoms with Crippen LogP contribution in [-0.2, 0) is 16.0 Å². The van der Waals surface area contributed by atoms with Crippen LogP contribution in [0.2, 0.25) is 0 Å². The number of ketones is 1. The summed E-state index contributed by atoms with van der Waals surface area (Å²) >= 11 is 0. The van der Waals surface area contributed by atoms with Gasteiger partial charge in [-0.25, -0.2) is 4.39 Å². The summed E-state index contributed by atoms with van der Waals surface area (Å²) in [5, 5.41) is 5.19. The van der Waals surface area contributed by atoms with E-state index in [1.165, 1.54) is 6.92 Å². The molecule has 22 heavy (non-hydrogen) atoms. The summed E-state index contributed by atoms with van der Waals surface area (Å²) in [6.45, 7) is 4.62. The zero-order valence-electron chi connectivity index (χ0n) is 12.9. The number of halogens is 1. The number of fused-ring (bicyclic) bond motifs is 1. The normalized spacial score (nSPS) is 16.9. The van der Waals surface area contributed by atoms with Crippen LogP contribution in [0.4, 0.5) is 10.1 Å². The minimum absolute atomic E-state index is 0.172. The molecule has 0 aliphatic heterocycles. The molecule has 0 radical (unpaired) electrons. The second-order valence-electron chi connectivity index (χ2n) is 5.44. The maximum absolute atomic E-state index is 14.0. The maximum Gasteiger partial charge on any atom is 0.221 e. The van der Waals surface area contributed by atoms with Gasteiger partial charge in [0.05, 0.1) is 11.7 Å². The second-order valence-corrected chi connectivity index (χ2v) is 5.44. The average Bonchev–Trinajstić information content (AvgIpc) is 2.45. The van der Waals surface area contributed by atoms with Crippen LogP contribution in [0.15, 0.2) is 6.07 Å². The standard InChI is InChI=1S/C16H19FN2O3/c1-4-14(21)19-12-6-5-10-8(2)11(17)7-13(18-9(3)20)15(10)16(12)22/h7,12H,4-6H2,1-3H3,(H,18,20)(H,19,21)/t12-/m0/s1. The van der Waals surface area contributed by atoms with Crippen molar-refractivity contribution in [2.24, 2.45) is 0 Å². The van der Waals surface area contributed by atoms with Crippen molar-refractivity contribution in [3.05, 3.63) is 28.6 Å². The van der Waals surface area contributed by atoms with Crippen LogP contribution in [-0.4, -0.2) is 23.6 Å². The van der Waals surface area contributed by atoms with E-state index < -0.39 is 11.9 Å². The summed E-state index contributed by atoms with van der Waals surface area (Å²) in [7, 11) is 0. The number of anilines is 1. The molecule has 0 aromatic heterocycles. The summed E-state index contributed by atoms with van der Waals surface area (Å²) in [5.74, 6) is -1.32. The van der Waals surface area contributed by atoms with Crippen LogP contribution in [0.1, 0.15) is 48.2 Å². The molecule has 118 valence electrons. The van der Waals surface area contributed by atoms with Gasteiger partial charge >= 0.3 is 0 Å². The van der Waals surface area contributed by atoms with E-state index in [-0.39, 0.29) is 29.7 Å². The molecule has 0 unspecified atom stereocenters. The number of carbonyl (C=O) groups excluding carboxylic acids is 3. The summed E-state index contributed by atoms with van der Waals surface area (Å²) in [6, 6.07) is 0.537. The van der Waals surface area contributed by atoms with Gasteiger partial charge in [-0.15, -0.1) is 0 Å². The molecule has 1 aromatic rings. The van der Waals surface area contributed by atoms with Gasteiger partial charge in [0.1, 0.15) is 5.82 Å². The Hall–Kier alpha value is -2.24. The number of amides is 2. The van der Waals surface area contributed by atoms with Crippen LogP contribution in [0, 0.1) is 12.7 Å². The highest BCUT2D eigenvalue weighted by Gasteiger charge is 2.32. The summed E-state index contributed by atoms with van der Waals surface area (Å²) < 4.78 is 14.0. The molecule has 1 aliphatic rings. The Labute approximate surface area is 128 Å². The van der Waals surface area contributed by atoms with Crippen molar-refractivity contribution in [2.75, 3.05) is 5.32 Å². The van der Waals surface area contributed by atoms with Crippen molar-refractivity contribution in [1.29, 1.82) is 0 Å². The Kier molecular flexibility index (Phi) is 4.59. The molecule has 1 atom stereocenters. The molecule has 0 bridgehead atoms. The first-order valence-corrected chi connectivity index (χ1v) is 7.28. The zero-order chi connectivity index (χ0) is 16.4. The molecule has 0 saturated carbocycles. The molecule has 0 heterocycles.